The van der Waals surface area contributed by atoms with Crippen LogP contribution in [0.1, 0.15) is 43.7 Å². The number of rotatable bonds is 10. The fourth-order valence-electron chi connectivity index (χ4n) is 3.77. The number of likely N-dealkylation sites (tertiary alicyclic amines) is 1. The summed E-state index contributed by atoms with van der Waals surface area (Å²) in [6, 6.07) is 6.29. The van der Waals surface area contributed by atoms with Crippen LogP contribution in [-0.2, 0) is 16.1 Å². The fraction of sp³-hybridized carbons (Fsp3) is 0.652. The fourth-order valence-corrected chi connectivity index (χ4v) is 3.77. The molecule has 7 heteroatoms. The summed E-state index contributed by atoms with van der Waals surface area (Å²) in [6.45, 7) is 10.3. The Morgan fingerprint density at radius 1 is 1.37 bits per heavy atom. The Hall–Kier alpha value is -2.28. The second kappa shape index (κ2) is 11.8. The van der Waals surface area contributed by atoms with Gasteiger partial charge in [-0.05, 0) is 44.7 Å². The maximum atomic E-state index is 11.7. The maximum absolute atomic E-state index is 11.7. The zero-order valence-electron chi connectivity index (χ0n) is 18.4. The number of aliphatic imine (C=N–C) groups is 1. The van der Waals surface area contributed by atoms with Gasteiger partial charge in [0.25, 0.3) is 0 Å². The minimum absolute atomic E-state index is 0.284. The van der Waals surface area contributed by atoms with Crippen molar-refractivity contribution in [3.8, 4) is 5.75 Å². The molecular formula is C23H36N4O3. The van der Waals surface area contributed by atoms with E-state index in [4.69, 9.17) is 14.5 Å². The molecule has 0 radical (unpaired) electrons. The zero-order valence-corrected chi connectivity index (χ0v) is 18.4. The Balaban J connectivity index is 1.51. The molecule has 0 aromatic heterocycles. The van der Waals surface area contributed by atoms with Gasteiger partial charge < -0.3 is 25.0 Å². The van der Waals surface area contributed by atoms with E-state index in [0.717, 1.165) is 75.9 Å². The zero-order chi connectivity index (χ0) is 21.2. The number of amides is 1. The Morgan fingerprint density at radius 3 is 3.00 bits per heavy atom. The maximum Gasteiger partial charge on any atom is 0.222 e. The van der Waals surface area contributed by atoms with E-state index < -0.39 is 0 Å². The summed E-state index contributed by atoms with van der Waals surface area (Å²) < 4.78 is 11.6. The number of ether oxygens (including phenoxy) is 2. The van der Waals surface area contributed by atoms with Gasteiger partial charge in [0, 0.05) is 50.7 Å². The lowest BCUT2D eigenvalue weighted by molar-refractivity contribution is -0.127. The second-order valence-electron chi connectivity index (χ2n) is 8.11. The molecule has 1 unspecified atom stereocenters. The normalized spacial score (nSPS) is 19.4. The molecule has 0 aliphatic carbocycles. The number of aryl methyl sites for hydroxylation is 1. The largest absolute Gasteiger partial charge is 0.493 e. The number of carbonyl (C=O) groups excluding carboxylic acids is 1. The van der Waals surface area contributed by atoms with Crippen LogP contribution in [0.2, 0.25) is 0 Å². The third-order valence-electron chi connectivity index (χ3n) is 5.54. The van der Waals surface area contributed by atoms with Gasteiger partial charge in [-0.25, -0.2) is 4.99 Å². The first-order valence-corrected chi connectivity index (χ1v) is 11.3. The van der Waals surface area contributed by atoms with Gasteiger partial charge in [-0.2, -0.15) is 0 Å². The van der Waals surface area contributed by atoms with Crippen molar-refractivity contribution in [1.29, 1.82) is 0 Å². The van der Waals surface area contributed by atoms with Gasteiger partial charge in [0.05, 0.1) is 19.8 Å². The van der Waals surface area contributed by atoms with Crippen molar-refractivity contribution in [3.63, 3.8) is 0 Å². The summed E-state index contributed by atoms with van der Waals surface area (Å²) >= 11 is 0. The summed E-state index contributed by atoms with van der Waals surface area (Å²) in [7, 11) is 0. The molecule has 0 spiro atoms. The highest BCUT2D eigenvalue weighted by Gasteiger charge is 2.19. The average molecular weight is 417 g/mol. The minimum Gasteiger partial charge on any atom is -0.493 e. The molecule has 1 amide bonds. The van der Waals surface area contributed by atoms with Crippen molar-refractivity contribution in [2.24, 2.45) is 10.9 Å². The monoisotopic (exact) mass is 416 g/mol. The van der Waals surface area contributed by atoms with Crippen LogP contribution in [0.25, 0.3) is 0 Å². The molecule has 30 heavy (non-hydrogen) atoms. The lowest BCUT2D eigenvalue weighted by atomic mass is 10.1. The van der Waals surface area contributed by atoms with E-state index in [-0.39, 0.29) is 5.91 Å². The third kappa shape index (κ3) is 6.90. The minimum atomic E-state index is 0.284. The highest BCUT2D eigenvalue weighted by Crippen LogP contribution is 2.23. The van der Waals surface area contributed by atoms with Crippen LogP contribution < -0.4 is 15.4 Å². The van der Waals surface area contributed by atoms with Gasteiger partial charge in [0.1, 0.15) is 5.75 Å². The Morgan fingerprint density at radius 2 is 2.27 bits per heavy atom. The topological polar surface area (TPSA) is 75.2 Å². The van der Waals surface area contributed by atoms with Crippen molar-refractivity contribution in [2.75, 3.05) is 46.0 Å². The summed E-state index contributed by atoms with van der Waals surface area (Å²) in [5.74, 6) is 2.46. The van der Waals surface area contributed by atoms with E-state index in [9.17, 15) is 4.79 Å². The Kier molecular flexibility index (Phi) is 8.81. The highest BCUT2D eigenvalue weighted by atomic mass is 16.5. The number of nitrogens with zero attached hydrogens (tertiary/aromatic N) is 2. The van der Waals surface area contributed by atoms with Gasteiger partial charge in [-0.3, -0.25) is 4.79 Å². The van der Waals surface area contributed by atoms with Crippen LogP contribution in [0.4, 0.5) is 0 Å². The molecule has 3 rings (SSSR count). The molecule has 1 aromatic rings. The molecule has 2 aliphatic rings. The van der Waals surface area contributed by atoms with E-state index >= 15 is 0 Å². The standard InChI is InChI=1S/C23H36N4O3/c1-3-24-23(25-10-5-12-27-11-4-6-22(27)28)26-15-20-8-7-18(2)14-21(20)30-17-19-9-13-29-16-19/h7-8,14,19H,3-6,9-13,15-17H2,1-2H3,(H2,24,25,26). The average Bonchev–Trinajstić information content (AvgIpc) is 3.40. The molecule has 2 N–H and O–H groups in total. The molecule has 0 saturated carbocycles. The predicted molar refractivity (Wildman–Crippen MR) is 119 cm³/mol. The SMILES string of the molecule is CCNC(=NCc1ccc(C)cc1OCC1CCOC1)NCCCN1CCCC1=O. The third-order valence-corrected chi connectivity index (χ3v) is 5.54. The molecule has 2 aliphatic heterocycles. The van der Waals surface area contributed by atoms with E-state index in [1.807, 2.05) is 4.90 Å². The van der Waals surface area contributed by atoms with Crippen LogP contribution in [0, 0.1) is 12.8 Å². The van der Waals surface area contributed by atoms with Gasteiger partial charge in [0.15, 0.2) is 5.96 Å². The molecule has 1 atom stereocenters. The first-order valence-electron chi connectivity index (χ1n) is 11.3. The first kappa shape index (κ1) is 22.4. The van der Waals surface area contributed by atoms with Crippen LogP contribution in [0.15, 0.2) is 23.2 Å². The quantitative estimate of drug-likeness (QED) is 0.348. The summed E-state index contributed by atoms with van der Waals surface area (Å²) in [5.41, 5.74) is 2.27. The molecule has 7 nitrogen and oxygen atoms in total. The smallest absolute Gasteiger partial charge is 0.222 e. The molecular weight excluding hydrogens is 380 g/mol. The van der Waals surface area contributed by atoms with Crippen molar-refractivity contribution in [3.05, 3.63) is 29.3 Å². The van der Waals surface area contributed by atoms with E-state index in [1.165, 1.54) is 5.56 Å². The van der Waals surface area contributed by atoms with Crippen LogP contribution in [0.3, 0.4) is 0 Å². The number of benzene rings is 1. The van der Waals surface area contributed by atoms with Gasteiger partial charge in [-0.1, -0.05) is 12.1 Å². The molecule has 2 heterocycles. The number of guanidine groups is 1. The first-order chi connectivity index (χ1) is 14.7. The molecule has 2 saturated heterocycles. The van der Waals surface area contributed by atoms with Crippen molar-refractivity contribution < 1.29 is 14.3 Å². The summed E-state index contributed by atoms with van der Waals surface area (Å²) in [5, 5.41) is 6.68. The molecule has 2 fully saturated rings. The van der Waals surface area contributed by atoms with Crippen molar-refractivity contribution in [1.82, 2.24) is 15.5 Å². The van der Waals surface area contributed by atoms with E-state index in [2.05, 4.69) is 42.7 Å². The van der Waals surface area contributed by atoms with Crippen molar-refractivity contribution >= 4 is 11.9 Å². The lowest BCUT2D eigenvalue weighted by Crippen LogP contribution is -2.39. The van der Waals surface area contributed by atoms with E-state index in [0.29, 0.717) is 25.5 Å². The Bertz CT molecular complexity index is 716. The molecule has 166 valence electrons. The number of hydrogen-bond acceptors (Lipinski definition) is 4. The summed E-state index contributed by atoms with van der Waals surface area (Å²) in [4.78, 5) is 18.4. The van der Waals surface area contributed by atoms with Gasteiger partial charge >= 0.3 is 0 Å². The van der Waals surface area contributed by atoms with E-state index in [1.54, 1.807) is 0 Å². The number of nitrogens with one attached hydrogen (secondary N) is 2. The Labute approximate surface area is 180 Å². The van der Waals surface area contributed by atoms with Gasteiger partial charge in [0.2, 0.25) is 5.91 Å². The summed E-state index contributed by atoms with van der Waals surface area (Å²) in [6.07, 6.45) is 3.67. The number of carbonyl (C=O) groups is 1. The van der Waals surface area contributed by atoms with Crippen LogP contribution in [-0.4, -0.2) is 62.8 Å². The second-order valence-corrected chi connectivity index (χ2v) is 8.11. The molecule has 0 bridgehead atoms. The van der Waals surface area contributed by atoms with Crippen LogP contribution in [0.5, 0.6) is 5.75 Å². The number of hydrogen-bond donors (Lipinski definition) is 2. The highest BCUT2D eigenvalue weighted by molar-refractivity contribution is 5.80. The van der Waals surface area contributed by atoms with Crippen molar-refractivity contribution in [2.45, 2.75) is 46.1 Å². The van der Waals surface area contributed by atoms with Crippen LogP contribution >= 0.6 is 0 Å². The van der Waals surface area contributed by atoms with Gasteiger partial charge in [-0.15, -0.1) is 0 Å². The lowest BCUT2D eigenvalue weighted by Gasteiger charge is -2.17. The predicted octanol–water partition coefficient (Wildman–Crippen LogP) is 2.48. The molecule has 1 aromatic carbocycles.